The minimum absolute atomic E-state index is 0.148. The van der Waals surface area contributed by atoms with Crippen LogP contribution in [0.25, 0.3) is 10.1 Å². The van der Waals surface area contributed by atoms with Crippen LogP contribution in [0.4, 0.5) is 0 Å². The van der Waals surface area contributed by atoms with Crippen molar-refractivity contribution < 1.29 is 4.74 Å². The van der Waals surface area contributed by atoms with E-state index < -0.39 is 0 Å². The van der Waals surface area contributed by atoms with Gasteiger partial charge in [-0.05, 0) is 16.8 Å². The molecule has 1 aliphatic heterocycles. The van der Waals surface area contributed by atoms with Crippen molar-refractivity contribution in [1.29, 1.82) is 5.26 Å². The van der Waals surface area contributed by atoms with Crippen LogP contribution >= 0.6 is 11.3 Å². The van der Waals surface area contributed by atoms with Crippen LogP contribution in [0.5, 0.6) is 0 Å². The Kier molecular flexibility index (Phi) is 3.28. The minimum Gasteiger partial charge on any atom is -0.379 e. The van der Waals surface area contributed by atoms with E-state index in [4.69, 9.17) is 4.74 Å². The van der Waals surface area contributed by atoms with Crippen molar-refractivity contribution in [2.24, 2.45) is 0 Å². The summed E-state index contributed by atoms with van der Waals surface area (Å²) in [4.78, 5) is 2.21. The molecule has 92 valence electrons. The molecular formula is C14H14N2OS. The van der Waals surface area contributed by atoms with Crippen molar-refractivity contribution in [3.8, 4) is 6.07 Å². The molecule has 0 saturated carbocycles. The molecule has 3 rings (SSSR count). The van der Waals surface area contributed by atoms with Gasteiger partial charge in [0.2, 0.25) is 0 Å². The second-order valence-corrected chi connectivity index (χ2v) is 5.28. The zero-order valence-electron chi connectivity index (χ0n) is 10.0. The van der Waals surface area contributed by atoms with Gasteiger partial charge in [-0.25, -0.2) is 0 Å². The van der Waals surface area contributed by atoms with E-state index in [1.54, 1.807) is 11.3 Å². The maximum absolute atomic E-state index is 9.48. The molecule has 1 unspecified atom stereocenters. The molecule has 0 bridgehead atoms. The molecule has 1 aliphatic rings. The predicted octanol–water partition coefficient (Wildman–Crippen LogP) is 2.80. The highest BCUT2D eigenvalue weighted by atomic mass is 32.1. The number of nitriles is 1. The maximum Gasteiger partial charge on any atom is 0.125 e. The number of nitrogens with zero attached hydrogens (tertiary/aromatic N) is 2. The van der Waals surface area contributed by atoms with Crippen molar-refractivity contribution in [2.45, 2.75) is 6.04 Å². The van der Waals surface area contributed by atoms with Gasteiger partial charge >= 0.3 is 0 Å². The van der Waals surface area contributed by atoms with Gasteiger partial charge in [0.05, 0.1) is 19.3 Å². The van der Waals surface area contributed by atoms with Gasteiger partial charge in [0.15, 0.2) is 0 Å². The van der Waals surface area contributed by atoms with Crippen LogP contribution in [0.15, 0.2) is 29.6 Å². The topological polar surface area (TPSA) is 36.3 Å². The summed E-state index contributed by atoms with van der Waals surface area (Å²) < 4.78 is 6.60. The van der Waals surface area contributed by atoms with Crippen LogP contribution < -0.4 is 0 Å². The largest absolute Gasteiger partial charge is 0.379 e. The summed E-state index contributed by atoms with van der Waals surface area (Å²) in [5.74, 6) is 0. The summed E-state index contributed by atoms with van der Waals surface area (Å²) in [6.45, 7) is 3.12. The molecule has 2 aromatic rings. The fourth-order valence-electron chi connectivity index (χ4n) is 2.39. The molecule has 2 heterocycles. The highest BCUT2D eigenvalue weighted by Gasteiger charge is 2.24. The molecule has 1 aromatic heterocycles. The number of morpholine rings is 1. The second kappa shape index (κ2) is 5.07. The molecular weight excluding hydrogens is 244 g/mol. The number of hydrogen-bond acceptors (Lipinski definition) is 4. The highest BCUT2D eigenvalue weighted by molar-refractivity contribution is 7.17. The quantitative estimate of drug-likeness (QED) is 0.831. The Morgan fingerprint density at radius 2 is 2.06 bits per heavy atom. The first-order chi connectivity index (χ1) is 8.90. The summed E-state index contributed by atoms with van der Waals surface area (Å²) in [6, 6.07) is 10.6. The smallest absolute Gasteiger partial charge is 0.125 e. The lowest BCUT2D eigenvalue weighted by Crippen LogP contribution is -2.38. The summed E-state index contributed by atoms with van der Waals surface area (Å²) >= 11 is 1.71. The summed E-state index contributed by atoms with van der Waals surface area (Å²) in [6.07, 6.45) is 0. The van der Waals surface area contributed by atoms with Crippen LogP contribution in [-0.2, 0) is 4.74 Å². The lowest BCUT2D eigenvalue weighted by atomic mass is 10.1. The van der Waals surface area contributed by atoms with Crippen LogP contribution in [0.3, 0.4) is 0 Å². The summed E-state index contributed by atoms with van der Waals surface area (Å²) in [7, 11) is 0. The molecule has 0 aliphatic carbocycles. The Labute approximate surface area is 110 Å². The molecule has 1 aromatic carbocycles. The van der Waals surface area contributed by atoms with Gasteiger partial charge in [-0.15, -0.1) is 11.3 Å². The van der Waals surface area contributed by atoms with E-state index in [0.29, 0.717) is 0 Å². The fourth-order valence-corrected chi connectivity index (χ4v) is 3.37. The lowest BCUT2D eigenvalue weighted by Gasteiger charge is -2.30. The number of hydrogen-bond donors (Lipinski definition) is 0. The van der Waals surface area contributed by atoms with Gasteiger partial charge in [-0.3, -0.25) is 4.90 Å². The molecule has 0 N–H and O–H groups in total. The van der Waals surface area contributed by atoms with E-state index in [1.165, 1.54) is 10.1 Å². The van der Waals surface area contributed by atoms with Crippen molar-refractivity contribution in [3.63, 3.8) is 0 Å². The van der Waals surface area contributed by atoms with Gasteiger partial charge in [0, 0.05) is 23.4 Å². The van der Waals surface area contributed by atoms with E-state index in [1.807, 2.05) is 12.1 Å². The van der Waals surface area contributed by atoms with Crippen molar-refractivity contribution in [2.75, 3.05) is 26.3 Å². The molecule has 1 saturated heterocycles. The Morgan fingerprint density at radius 3 is 2.83 bits per heavy atom. The van der Waals surface area contributed by atoms with Crippen LogP contribution in [0.1, 0.15) is 11.6 Å². The zero-order chi connectivity index (χ0) is 12.4. The van der Waals surface area contributed by atoms with Crippen LogP contribution in [0.2, 0.25) is 0 Å². The van der Waals surface area contributed by atoms with E-state index in [-0.39, 0.29) is 6.04 Å². The van der Waals surface area contributed by atoms with Gasteiger partial charge in [-0.2, -0.15) is 5.26 Å². The normalized spacial score (nSPS) is 18.6. The Balaban J connectivity index is 1.98. The first kappa shape index (κ1) is 11.7. The predicted molar refractivity (Wildman–Crippen MR) is 72.6 cm³/mol. The van der Waals surface area contributed by atoms with E-state index in [2.05, 4.69) is 28.5 Å². The van der Waals surface area contributed by atoms with Crippen molar-refractivity contribution >= 4 is 21.4 Å². The Hall–Kier alpha value is -1.41. The molecule has 0 spiro atoms. The van der Waals surface area contributed by atoms with E-state index >= 15 is 0 Å². The molecule has 18 heavy (non-hydrogen) atoms. The SMILES string of the molecule is N#CC(c1csc2ccccc12)N1CCOCC1. The van der Waals surface area contributed by atoms with Gasteiger partial charge in [-0.1, -0.05) is 18.2 Å². The summed E-state index contributed by atoms with van der Waals surface area (Å²) in [5.41, 5.74) is 1.14. The van der Waals surface area contributed by atoms with Gasteiger partial charge in [0.25, 0.3) is 0 Å². The molecule has 4 heteroatoms. The maximum atomic E-state index is 9.48. The molecule has 1 atom stereocenters. The third kappa shape index (κ3) is 2.01. The van der Waals surface area contributed by atoms with E-state index in [0.717, 1.165) is 31.9 Å². The number of fused-ring (bicyclic) bond motifs is 1. The highest BCUT2D eigenvalue weighted by Crippen LogP contribution is 2.33. The number of benzene rings is 1. The molecule has 3 nitrogen and oxygen atoms in total. The summed E-state index contributed by atoms with van der Waals surface area (Å²) in [5, 5.41) is 12.8. The van der Waals surface area contributed by atoms with Crippen LogP contribution in [-0.4, -0.2) is 31.2 Å². The lowest BCUT2D eigenvalue weighted by molar-refractivity contribution is 0.0269. The molecule has 0 amide bonds. The average Bonchev–Trinajstić information content (AvgIpc) is 2.85. The monoisotopic (exact) mass is 258 g/mol. The Bertz CT molecular complexity index is 581. The van der Waals surface area contributed by atoms with Gasteiger partial charge in [0.1, 0.15) is 6.04 Å². The minimum atomic E-state index is -0.148. The third-order valence-electron chi connectivity index (χ3n) is 3.34. The number of rotatable bonds is 2. The van der Waals surface area contributed by atoms with Crippen LogP contribution in [0, 0.1) is 11.3 Å². The first-order valence-electron chi connectivity index (χ1n) is 6.07. The Morgan fingerprint density at radius 1 is 1.28 bits per heavy atom. The van der Waals surface area contributed by atoms with E-state index in [9.17, 15) is 5.26 Å². The second-order valence-electron chi connectivity index (χ2n) is 4.37. The first-order valence-corrected chi connectivity index (χ1v) is 6.95. The van der Waals surface area contributed by atoms with Crippen molar-refractivity contribution in [1.82, 2.24) is 4.90 Å². The zero-order valence-corrected chi connectivity index (χ0v) is 10.8. The third-order valence-corrected chi connectivity index (χ3v) is 4.32. The molecule has 0 radical (unpaired) electrons. The molecule has 1 fully saturated rings. The number of thiophene rings is 1. The standard InChI is InChI=1S/C14H14N2OS/c15-9-13(16-5-7-17-8-6-16)12-10-18-14-4-2-1-3-11(12)14/h1-4,10,13H,5-8H2. The van der Waals surface area contributed by atoms with Crippen molar-refractivity contribution in [3.05, 3.63) is 35.2 Å². The fraction of sp³-hybridized carbons (Fsp3) is 0.357. The average molecular weight is 258 g/mol. The van der Waals surface area contributed by atoms with Gasteiger partial charge < -0.3 is 4.74 Å². The number of ether oxygens (including phenoxy) is 1.